The van der Waals surface area contributed by atoms with Gasteiger partial charge in [-0.15, -0.1) is 5.10 Å². The second kappa shape index (κ2) is 5.87. The van der Waals surface area contributed by atoms with E-state index in [0.717, 1.165) is 12.1 Å². The summed E-state index contributed by atoms with van der Waals surface area (Å²) in [6, 6.07) is 7.28. The van der Waals surface area contributed by atoms with E-state index in [1.54, 1.807) is 12.1 Å². The molecule has 0 bridgehead atoms. The smallest absolute Gasteiger partial charge is 0.251 e. The number of aromatic nitrogens is 4. The minimum atomic E-state index is -0.0232. The van der Waals surface area contributed by atoms with Crippen LogP contribution in [-0.2, 0) is 0 Å². The van der Waals surface area contributed by atoms with Crippen molar-refractivity contribution in [3.63, 3.8) is 0 Å². The number of nitrogens with zero attached hydrogens (tertiary/aromatic N) is 3. The number of rotatable bonds is 4. The monoisotopic (exact) mass is 299 g/mol. The fraction of sp³-hybridized carbons (Fsp3) is 0.500. The number of amides is 1. The third-order valence-electron chi connectivity index (χ3n) is 4.75. The molecule has 116 valence electrons. The highest BCUT2D eigenvalue weighted by Gasteiger charge is 2.34. The van der Waals surface area contributed by atoms with Crippen molar-refractivity contribution < 1.29 is 4.79 Å². The molecule has 1 aromatic heterocycles. The Hall–Kier alpha value is -2.24. The van der Waals surface area contributed by atoms with Crippen LogP contribution >= 0.6 is 0 Å². The maximum absolute atomic E-state index is 12.3. The lowest BCUT2D eigenvalue weighted by atomic mass is 9.82. The van der Waals surface area contributed by atoms with Crippen LogP contribution in [0, 0.1) is 11.3 Å². The first kappa shape index (κ1) is 14.7. The molecule has 1 unspecified atom stereocenters. The Kier molecular flexibility index (Phi) is 3.92. The van der Waals surface area contributed by atoms with Gasteiger partial charge in [0.05, 0.1) is 0 Å². The molecular weight excluding hydrogens is 278 g/mol. The number of benzene rings is 1. The lowest BCUT2D eigenvalue weighted by Gasteiger charge is -2.27. The normalized spacial score (nSPS) is 20.0. The predicted octanol–water partition coefficient (Wildman–Crippen LogP) is 2.42. The highest BCUT2D eigenvalue weighted by atomic mass is 16.1. The molecule has 1 aromatic carbocycles. The second-order valence-electron chi connectivity index (χ2n) is 6.61. The average Bonchev–Trinajstić information content (AvgIpc) is 3.14. The summed E-state index contributed by atoms with van der Waals surface area (Å²) in [5.41, 5.74) is 1.85. The Balaban J connectivity index is 1.61. The van der Waals surface area contributed by atoms with E-state index in [1.807, 2.05) is 12.1 Å². The Bertz CT molecular complexity index is 633. The molecule has 1 atom stereocenters. The molecule has 6 nitrogen and oxygen atoms in total. The van der Waals surface area contributed by atoms with Crippen molar-refractivity contribution in [2.75, 3.05) is 6.54 Å². The van der Waals surface area contributed by atoms with E-state index in [9.17, 15) is 4.79 Å². The van der Waals surface area contributed by atoms with E-state index in [1.165, 1.54) is 19.3 Å². The van der Waals surface area contributed by atoms with Crippen molar-refractivity contribution in [3.8, 4) is 11.4 Å². The summed E-state index contributed by atoms with van der Waals surface area (Å²) in [5, 5.41) is 16.7. The molecule has 1 amide bonds. The van der Waals surface area contributed by atoms with Crippen LogP contribution in [0.2, 0.25) is 0 Å². The molecule has 1 heterocycles. The standard InChI is InChI=1S/C16H21N5O/c1-16(2)9-3-4-13(16)10-17-15(22)12-7-5-11(6-8-12)14-18-20-21-19-14/h5-8,13H,3-4,9-10H2,1-2H3,(H,17,22)(H,18,19,20,21). The zero-order valence-corrected chi connectivity index (χ0v) is 13.0. The first-order chi connectivity index (χ1) is 10.6. The summed E-state index contributed by atoms with van der Waals surface area (Å²) in [6.07, 6.45) is 3.70. The van der Waals surface area contributed by atoms with Crippen LogP contribution in [0.5, 0.6) is 0 Å². The molecular formula is C16H21N5O. The fourth-order valence-corrected chi connectivity index (χ4v) is 3.16. The number of hydrogen-bond donors (Lipinski definition) is 2. The van der Waals surface area contributed by atoms with Gasteiger partial charge in [0, 0.05) is 17.7 Å². The molecule has 22 heavy (non-hydrogen) atoms. The van der Waals surface area contributed by atoms with Crippen LogP contribution in [-0.4, -0.2) is 33.1 Å². The van der Waals surface area contributed by atoms with Gasteiger partial charge in [-0.3, -0.25) is 4.79 Å². The molecule has 1 aliphatic carbocycles. The zero-order valence-electron chi connectivity index (χ0n) is 13.0. The summed E-state index contributed by atoms with van der Waals surface area (Å²) in [7, 11) is 0. The predicted molar refractivity (Wildman–Crippen MR) is 83.1 cm³/mol. The zero-order chi connectivity index (χ0) is 15.6. The summed E-state index contributed by atoms with van der Waals surface area (Å²) in [5.74, 6) is 1.14. The van der Waals surface area contributed by atoms with Crippen molar-refractivity contribution >= 4 is 5.91 Å². The quantitative estimate of drug-likeness (QED) is 0.908. The Labute approximate surface area is 129 Å². The van der Waals surface area contributed by atoms with Gasteiger partial charge in [-0.25, -0.2) is 5.10 Å². The van der Waals surface area contributed by atoms with Crippen LogP contribution in [0.25, 0.3) is 11.4 Å². The van der Waals surface area contributed by atoms with E-state index in [4.69, 9.17) is 0 Å². The van der Waals surface area contributed by atoms with Gasteiger partial charge in [0.25, 0.3) is 5.91 Å². The largest absolute Gasteiger partial charge is 0.352 e. The number of aromatic amines is 1. The van der Waals surface area contributed by atoms with E-state index >= 15 is 0 Å². The van der Waals surface area contributed by atoms with E-state index in [-0.39, 0.29) is 5.91 Å². The fourth-order valence-electron chi connectivity index (χ4n) is 3.16. The molecule has 1 saturated carbocycles. The molecule has 2 N–H and O–H groups in total. The summed E-state index contributed by atoms with van der Waals surface area (Å²) in [6.45, 7) is 5.33. The van der Waals surface area contributed by atoms with Crippen LogP contribution in [0.3, 0.4) is 0 Å². The maximum Gasteiger partial charge on any atom is 0.251 e. The minimum absolute atomic E-state index is 0.0232. The van der Waals surface area contributed by atoms with Gasteiger partial charge in [-0.05, 0) is 46.7 Å². The SMILES string of the molecule is CC1(C)CCCC1CNC(=O)c1ccc(-c2nnn[nH]2)cc1. The second-order valence-corrected chi connectivity index (χ2v) is 6.61. The van der Waals surface area contributed by atoms with E-state index < -0.39 is 0 Å². The summed E-state index contributed by atoms with van der Waals surface area (Å²) in [4.78, 5) is 12.3. The number of tetrazole rings is 1. The van der Waals surface area contributed by atoms with Gasteiger partial charge in [-0.2, -0.15) is 0 Å². The van der Waals surface area contributed by atoms with Gasteiger partial charge in [-0.1, -0.05) is 32.4 Å². The van der Waals surface area contributed by atoms with Crippen molar-refractivity contribution in [1.29, 1.82) is 0 Å². The number of hydrogen-bond acceptors (Lipinski definition) is 4. The molecule has 0 saturated heterocycles. The molecule has 6 heteroatoms. The van der Waals surface area contributed by atoms with E-state index in [0.29, 0.717) is 22.7 Å². The maximum atomic E-state index is 12.3. The van der Waals surface area contributed by atoms with Gasteiger partial charge >= 0.3 is 0 Å². The topological polar surface area (TPSA) is 83.6 Å². The number of H-pyrrole nitrogens is 1. The summed E-state index contributed by atoms with van der Waals surface area (Å²) >= 11 is 0. The molecule has 2 aromatic rings. The Morgan fingerprint density at radius 3 is 2.73 bits per heavy atom. The summed E-state index contributed by atoms with van der Waals surface area (Å²) < 4.78 is 0. The van der Waals surface area contributed by atoms with Crippen LogP contribution < -0.4 is 5.32 Å². The molecule has 1 fully saturated rings. The highest BCUT2D eigenvalue weighted by molar-refractivity contribution is 5.94. The molecule has 0 radical (unpaired) electrons. The third kappa shape index (κ3) is 3.00. The van der Waals surface area contributed by atoms with Crippen molar-refractivity contribution in [2.45, 2.75) is 33.1 Å². The van der Waals surface area contributed by atoms with Gasteiger partial charge < -0.3 is 5.32 Å². The lowest BCUT2D eigenvalue weighted by Crippen LogP contribution is -2.33. The molecule has 3 rings (SSSR count). The molecule has 0 aliphatic heterocycles. The van der Waals surface area contributed by atoms with Gasteiger partial charge in [0.1, 0.15) is 0 Å². The van der Waals surface area contributed by atoms with Crippen LogP contribution in [0.15, 0.2) is 24.3 Å². The van der Waals surface area contributed by atoms with Crippen LogP contribution in [0.1, 0.15) is 43.5 Å². The Morgan fingerprint density at radius 1 is 1.36 bits per heavy atom. The lowest BCUT2D eigenvalue weighted by molar-refractivity contribution is 0.0937. The van der Waals surface area contributed by atoms with Crippen molar-refractivity contribution in [1.82, 2.24) is 25.9 Å². The van der Waals surface area contributed by atoms with Gasteiger partial charge in [0.2, 0.25) is 0 Å². The number of nitrogens with one attached hydrogen (secondary N) is 2. The third-order valence-corrected chi connectivity index (χ3v) is 4.75. The van der Waals surface area contributed by atoms with Crippen molar-refractivity contribution in [2.24, 2.45) is 11.3 Å². The highest BCUT2D eigenvalue weighted by Crippen LogP contribution is 2.42. The molecule has 1 aliphatic rings. The molecule has 0 spiro atoms. The minimum Gasteiger partial charge on any atom is -0.352 e. The number of carbonyl (C=O) groups is 1. The van der Waals surface area contributed by atoms with Crippen molar-refractivity contribution in [3.05, 3.63) is 29.8 Å². The van der Waals surface area contributed by atoms with E-state index in [2.05, 4.69) is 39.8 Å². The number of carbonyl (C=O) groups excluding carboxylic acids is 1. The first-order valence-corrected chi connectivity index (χ1v) is 7.68. The van der Waals surface area contributed by atoms with Crippen LogP contribution in [0.4, 0.5) is 0 Å². The first-order valence-electron chi connectivity index (χ1n) is 7.68. The van der Waals surface area contributed by atoms with Gasteiger partial charge in [0.15, 0.2) is 5.82 Å². The average molecular weight is 299 g/mol. The Morgan fingerprint density at radius 2 is 2.14 bits per heavy atom.